The first-order chi connectivity index (χ1) is 10.6. The molecule has 0 amide bonds. The number of hydrogen-bond donors (Lipinski definition) is 2. The van der Waals surface area contributed by atoms with Gasteiger partial charge in [-0.3, -0.25) is 20.2 Å². The van der Waals surface area contributed by atoms with Crippen molar-refractivity contribution in [1.82, 2.24) is 0 Å². The van der Waals surface area contributed by atoms with Gasteiger partial charge in [-0.1, -0.05) is 0 Å². The normalized spacial score (nSPS) is 9.70. The van der Waals surface area contributed by atoms with Crippen molar-refractivity contribution in [1.29, 1.82) is 0 Å². The highest BCUT2D eigenvalue weighted by molar-refractivity contribution is 9.10. The second kappa shape index (κ2) is 7.45. The largest absolute Gasteiger partial charge is 0.396 e. The lowest BCUT2D eigenvalue weighted by atomic mass is 10.3. The van der Waals surface area contributed by atoms with Crippen molar-refractivity contribution in [3.05, 3.63) is 66.7 Å². The molecule has 0 bridgehead atoms. The van der Waals surface area contributed by atoms with E-state index in [4.69, 9.17) is 11.5 Å². The maximum absolute atomic E-state index is 12.7. The summed E-state index contributed by atoms with van der Waals surface area (Å²) < 4.78 is 25.4. The van der Waals surface area contributed by atoms with E-state index in [9.17, 15) is 29.0 Å². The van der Waals surface area contributed by atoms with Gasteiger partial charge < -0.3 is 11.5 Å². The zero-order chi connectivity index (χ0) is 17.7. The van der Waals surface area contributed by atoms with Crippen LogP contribution in [0.1, 0.15) is 0 Å². The number of nitro benzene ring substituents is 2. The van der Waals surface area contributed by atoms with Gasteiger partial charge in [0.1, 0.15) is 0 Å². The molecule has 2 aromatic carbocycles. The Balaban J connectivity index is 0.000000231. The summed E-state index contributed by atoms with van der Waals surface area (Å²) in [6.07, 6.45) is 0. The molecule has 0 aliphatic heterocycles. The predicted octanol–water partition coefficient (Wildman–Crippen LogP) is 3.39. The number of nitrogens with zero attached hydrogens (tertiary/aromatic N) is 2. The standard InChI is InChI=1S/C6H4BrFN2O2.C6H5FN2O2/c7-4-1-3(10(11)12)2-5(8)6(4)9;7-5-3-4(9(10)11)1-2-6(5)8/h1-2H,9H2;1-3H,8H2. The lowest BCUT2D eigenvalue weighted by molar-refractivity contribution is -0.385. The minimum Gasteiger partial charge on any atom is -0.396 e. The molecule has 122 valence electrons. The maximum atomic E-state index is 12.7. The Hall–Kier alpha value is -2.82. The Bertz CT molecular complexity index is 750. The van der Waals surface area contributed by atoms with Gasteiger partial charge in [-0.05, 0) is 22.0 Å². The van der Waals surface area contributed by atoms with Gasteiger partial charge in [-0.2, -0.15) is 0 Å². The molecule has 0 fully saturated rings. The predicted molar refractivity (Wildman–Crippen MR) is 82.6 cm³/mol. The van der Waals surface area contributed by atoms with Crippen molar-refractivity contribution >= 4 is 38.7 Å². The molecule has 23 heavy (non-hydrogen) atoms. The first-order valence-electron chi connectivity index (χ1n) is 5.71. The van der Waals surface area contributed by atoms with Gasteiger partial charge in [0.05, 0.1) is 37.8 Å². The highest BCUT2D eigenvalue weighted by Gasteiger charge is 2.12. The van der Waals surface area contributed by atoms with Gasteiger partial charge in [-0.15, -0.1) is 0 Å². The van der Waals surface area contributed by atoms with E-state index in [0.717, 1.165) is 30.3 Å². The smallest absolute Gasteiger partial charge is 0.273 e. The van der Waals surface area contributed by atoms with Gasteiger partial charge in [0.25, 0.3) is 11.4 Å². The van der Waals surface area contributed by atoms with E-state index in [1.165, 1.54) is 0 Å². The maximum Gasteiger partial charge on any atom is 0.273 e. The molecular weight excluding hydrogens is 382 g/mol. The van der Waals surface area contributed by atoms with Crippen LogP contribution < -0.4 is 11.5 Å². The summed E-state index contributed by atoms with van der Waals surface area (Å²) in [5.74, 6) is -1.56. The fourth-order valence-corrected chi connectivity index (χ4v) is 1.73. The van der Waals surface area contributed by atoms with Crippen molar-refractivity contribution in [3.8, 4) is 0 Å². The zero-order valence-corrected chi connectivity index (χ0v) is 12.8. The second-order valence-electron chi connectivity index (χ2n) is 4.04. The quantitative estimate of drug-likeness (QED) is 0.457. The van der Waals surface area contributed by atoms with Crippen molar-refractivity contribution in [2.75, 3.05) is 11.5 Å². The number of nitrogen functional groups attached to an aromatic ring is 2. The van der Waals surface area contributed by atoms with Crippen LogP contribution in [0.15, 0.2) is 34.8 Å². The van der Waals surface area contributed by atoms with E-state index in [1.807, 2.05) is 0 Å². The summed E-state index contributed by atoms with van der Waals surface area (Å²) in [7, 11) is 0. The second-order valence-corrected chi connectivity index (χ2v) is 4.90. The molecule has 0 heterocycles. The number of rotatable bonds is 2. The molecule has 0 atom stereocenters. The fraction of sp³-hybridized carbons (Fsp3) is 0. The van der Waals surface area contributed by atoms with Crippen molar-refractivity contribution in [3.63, 3.8) is 0 Å². The van der Waals surface area contributed by atoms with Crippen LogP contribution in [-0.4, -0.2) is 9.85 Å². The zero-order valence-electron chi connectivity index (χ0n) is 11.2. The summed E-state index contributed by atoms with van der Waals surface area (Å²) >= 11 is 2.90. The third kappa shape index (κ3) is 4.85. The van der Waals surface area contributed by atoms with Crippen LogP contribution in [-0.2, 0) is 0 Å². The van der Waals surface area contributed by atoms with Crippen LogP contribution in [0, 0.1) is 31.9 Å². The topological polar surface area (TPSA) is 138 Å². The third-order valence-electron chi connectivity index (χ3n) is 2.47. The van der Waals surface area contributed by atoms with Crippen LogP contribution in [0.2, 0.25) is 0 Å². The Morgan fingerprint density at radius 1 is 0.913 bits per heavy atom. The molecule has 2 rings (SSSR count). The van der Waals surface area contributed by atoms with E-state index in [-0.39, 0.29) is 27.2 Å². The van der Waals surface area contributed by atoms with Crippen molar-refractivity contribution in [2.24, 2.45) is 0 Å². The Kier molecular flexibility index (Phi) is 5.90. The molecule has 0 spiro atoms. The van der Waals surface area contributed by atoms with Gasteiger partial charge in [0.15, 0.2) is 11.6 Å². The van der Waals surface area contributed by atoms with Gasteiger partial charge in [0, 0.05) is 12.1 Å². The van der Waals surface area contributed by atoms with Crippen LogP contribution >= 0.6 is 15.9 Å². The fourth-order valence-electron chi connectivity index (χ4n) is 1.31. The SMILES string of the molecule is Nc1c(F)cc([N+](=O)[O-])cc1Br.Nc1ccc([N+](=O)[O-])cc1F. The summed E-state index contributed by atoms with van der Waals surface area (Å²) in [5.41, 5.74) is 9.47. The summed E-state index contributed by atoms with van der Waals surface area (Å²) in [6, 6.07) is 5.03. The Morgan fingerprint density at radius 2 is 1.43 bits per heavy atom. The lowest BCUT2D eigenvalue weighted by Gasteiger charge is -1.98. The summed E-state index contributed by atoms with van der Waals surface area (Å²) in [6.45, 7) is 0. The molecule has 8 nitrogen and oxygen atoms in total. The molecule has 0 aliphatic carbocycles. The first kappa shape index (κ1) is 18.2. The van der Waals surface area contributed by atoms with Gasteiger partial charge in [0.2, 0.25) is 0 Å². The molecule has 2 aromatic rings. The van der Waals surface area contributed by atoms with Crippen LogP contribution in [0.3, 0.4) is 0 Å². The summed E-state index contributed by atoms with van der Waals surface area (Å²) in [5, 5.41) is 20.3. The number of nitrogens with two attached hydrogens (primary N) is 2. The number of hydrogen-bond acceptors (Lipinski definition) is 6. The number of nitro groups is 2. The first-order valence-corrected chi connectivity index (χ1v) is 6.51. The highest BCUT2D eigenvalue weighted by atomic mass is 79.9. The molecule has 0 radical (unpaired) electrons. The number of anilines is 2. The van der Waals surface area contributed by atoms with Gasteiger partial charge >= 0.3 is 0 Å². The molecule has 0 unspecified atom stereocenters. The minimum absolute atomic E-state index is 0.0874. The van der Waals surface area contributed by atoms with E-state index in [0.29, 0.717) is 0 Å². The van der Waals surface area contributed by atoms with E-state index in [1.54, 1.807) is 0 Å². The minimum atomic E-state index is -0.795. The molecule has 0 aliphatic rings. The number of non-ortho nitro benzene ring substituents is 2. The molecule has 0 saturated heterocycles. The Morgan fingerprint density at radius 3 is 1.87 bits per heavy atom. The Labute approximate surface area is 136 Å². The molecular formula is C12H9BrF2N4O4. The molecule has 4 N–H and O–H groups in total. The van der Waals surface area contributed by atoms with Crippen LogP contribution in [0.5, 0.6) is 0 Å². The highest BCUT2D eigenvalue weighted by Crippen LogP contribution is 2.27. The van der Waals surface area contributed by atoms with E-state index in [2.05, 4.69) is 15.9 Å². The lowest BCUT2D eigenvalue weighted by Crippen LogP contribution is -1.95. The number of benzene rings is 2. The monoisotopic (exact) mass is 390 g/mol. The van der Waals surface area contributed by atoms with Crippen LogP contribution in [0.4, 0.5) is 31.5 Å². The third-order valence-corrected chi connectivity index (χ3v) is 3.13. The average Bonchev–Trinajstić information content (AvgIpc) is 2.47. The molecule has 11 heteroatoms. The van der Waals surface area contributed by atoms with Crippen LogP contribution in [0.25, 0.3) is 0 Å². The number of halogens is 3. The van der Waals surface area contributed by atoms with Crippen molar-refractivity contribution < 1.29 is 18.6 Å². The van der Waals surface area contributed by atoms with Crippen molar-refractivity contribution in [2.45, 2.75) is 0 Å². The molecule has 0 saturated carbocycles. The summed E-state index contributed by atoms with van der Waals surface area (Å²) in [4.78, 5) is 18.9. The molecule has 0 aromatic heterocycles. The average molecular weight is 391 g/mol. The van der Waals surface area contributed by atoms with E-state index < -0.39 is 21.5 Å². The van der Waals surface area contributed by atoms with Gasteiger partial charge in [-0.25, -0.2) is 8.78 Å². The van der Waals surface area contributed by atoms with E-state index >= 15 is 0 Å².